The van der Waals surface area contributed by atoms with Gasteiger partial charge in [-0.1, -0.05) is 25.3 Å². The van der Waals surface area contributed by atoms with Crippen molar-refractivity contribution in [2.45, 2.75) is 52.1 Å². The summed E-state index contributed by atoms with van der Waals surface area (Å²) >= 11 is 0. The highest BCUT2D eigenvalue weighted by Gasteiger charge is 2.32. The Morgan fingerprint density at radius 2 is 2.09 bits per heavy atom. The van der Waals surface area contributed by atoms with E-state index in [4.69, 9.17) is 0 Å². The van der Waals surface area contributed by atoms with E-state index in [1.54, 1.807) is 6.20 Å². The average molecular weight is 434 g/mol. The number of amides is 2. The molecular formula is C24H27N5O3. The number of H-pyrrole nitrogens is 1. The van der Waals surface area contributed by atoms with Gasteiger partial charge in [-0.2, -0.15) is 5.10 Å². The molecule has 0 bridgehead atoms. The highest BCUT2D eigenvalue weighted by Crippen LogP contribution is 2.35. The van der Waals surface area contributed by atoms with Crippen molar-refractivity contribution in [1.82, 2.24) is 20.1 Å². The van der Waals surface area contributed by atoms with Crippen LogP contribution in [-0.4, -0.2) is 26.6 Å². The summed E-state index contributed by atoms with van der Waals surface area (Å²) in [5.74, 6) is 0.230. The van der Waals surface area contributed by atoms with Crippen LogP contribution >= 0.6 is 0 Å². The molecule has 3 aromatic rings. The van der Waals surface area contributed by atoms with Gasteiger partial charge < -0.3 is 15.2 Å². The van der Waals surface area contributed by atoms with E-state index in [0.717, 1.165) is 34.1 Å². The van der Waals surface area contributed by atoms with Gasteiger partial charge in [0.2, 0.25) is 11.8 Å². The van der Waals surface area contributed by atoms with Crippen LogP contribution in [-0.2, 0) is 29.1 Å². The van der Waals surface area contributed by atoms with Crippen molar-refractivity contribution >= 4 is 28.4 Å². The molecule has 3 heterocycles. The normalized spacial score (nSPS) is 18.2. The number of aryl methyl sites for hydroxylation is 1. The zero-order valence-electron chi connectivity index (χ0n) is 18.1. The smallest absolute Gasteiger partial charge is 0.275 e. The number of nitrogens with zero attached hydrogens (tertiary/aromatic N) is 2. The SMILES string of the molecule is Cc1cc2c(c(=O)n1CC(=O)NCc1ccc3[nH]ncc3c1)NC(=O)C(CC1CCC1)C2. The van der Waals surface area contributed by atoms with Crippen molar-refractivity contribution in [3.05, 3.63) is 57.6 Å². The molecule has 3 N–H and O–H groups in total. The second kappa shape index (κ2) is 8.26. The first-order chi connectivity index (χ1) is 15.5. The topological polar surface area (TPSA) is 109 Å². The van der Waals surface area contributed by atoms with Crippen LogP contribution in [0.5, 0.6) is 0 Å². The summed E-state index contributed by atoms with van der Waals surface area (Å²) in [5.41, 5.74) is 3.50. The first-order valence-electron chi connectivity index (χ1n) is 11.2. The molecule has 2 aliphatic rings. The van der Waals surface area contributed by atoms with Gasteiger partial charge in [0.15, 0.2) is 0 Å². The Morgan fingerprint density at radius 1 is 1.25 bits per heavy atom. The van der Waals surface area contributed by atoms with Crippen molar-refractivity contribution < 1.29 is 9.59 Å². The molecule has 1 fully saturated rings. The molecule has 1 unspecified atom stereocenters. The molecule has 1 aliphatic carbocycles. The Hall–Kier alpha value is -3.42. The highest BCUT2D eigenvalue weighted by molar-refractivity contribution is 5.95. The summed E-state index contributed by atoms with van der Waals surface area (Å²) < 4.78 is 1.43. The zero-order valence-corrected chi connectivity index (χ0v) is 18.1. The molecule has 2 amide bonds. The molecule has 1 aromatic carbocycles. The maximum absolute atomic E-state index is 13.1. The maximum atomic E-state index is 13.1. The molecule has 0 saturated heterocycles. The standard InChI is InChI=1S/C24H27N5O3/c1-14-7-17-10-18(8-15-3-2-4-15)23(31)27-22(17)24(32)29(14)13-21(30)25-11-16-5-6-20-19(9-16)12-26-28-20/h5-7,9,12,15,18H,2-4,8,10-11,13H2,1H3,(H,25,30)(H,26,28)(H,27,31). The van der Waals surface area contributed by atoms with E-state index in [1.807, 2.05) is 31.2 Å². The molecule has 1 aliphatic heterocycles. The van der Waals surface area contributed by atoms with Gasteiger partial charge in [0.25, 0.3) is 5.56 Å². The number of hydrogen-bond acceptors (Lipinski definition) is 4. The van der Waals surface area contributed by atoms with Gasteiger partial charge >= 0.3 is 0 Å². The quantitative estimate of drug-likeness (QED) is 0.555. The van der Waals surface area contributed by atoms with E-state index in [0.29, 0.717) is 24.6 Å². The lowest BCUT2D eigenvalue weighted by molar-refractivity contribution is -0.122. The van der Waals surface area contributed by atoms with Gasteiger partial charge in [0.1, 0.15) is 12.2 Å². The molecule has 0 radical (unpaired) electrons. The molecule has 8 heteroatoms. The van der Waals surface area contributed by atoms with Gasteiger partial charge in [-0.05, 0) is 55.0 Å². The van der Waals surface area contributed by atoms with Crippen molar-refractivity contribution in [2.75, 3.05) is 5.32 Å². The Bertz CT molecular complexity index is 1250. The number of aromatic amines is 1. The molecule has 0 spiro atoms. The van der Waals surface area contributed by atoms with Crippen LogP contribution in [0, 0.1) is 18.8 Å². The summed E-state index contributed by atoms with van der Waals surface area (Å²) in [6, 6.07) is 7.74. The molecule has 1 saturated carbocycles. The lowest BCUT2D eigenvalue weighted by Gasteiger charge is -2.32. The van der Waals surface area contributed by atoms with Crippen molar-refractivity contribution in [2.24, 2.45) is 11.8 Å². The van der Waals surface area contributed by atoms with E-state index in [-0.39, 0.29) is 29.8 Å². The largest absolute Gasteiger partial charge is 0.350 e. The summed E-state index contributed by atoms with van der Waals surface area (Å²) in [6.45, 7) is 2.10. The number of pyridine rings is 1. The average Bonchev–Trinajstić information content (AvgIpc) is 3.21. The van der Waals surface area contributed by atoms with Crippen LogP contribution in [0.25, 0.3) is 10.9 Å². The third-order valence-electron chi connectivity index (χ3n) is 6.81. The van der Waals surface area contributed by atoms with Crippen molar-refractivity contribution in [3.63, 3.8) is 0 Å². The number of anilines is 1. The van der Waals surface area contributed by atoms with Crippen molar-refractivity contribution in [3.8, 4) is 0 Å². The number of nitrogens with one attached hydrogen (secondary N) is 3. The lowest BCUT2D eigenvalue weighted by atomic mass is 9.76. The number of carbonyl (C=O) groups excluding carboxylic acids is 2. The summed E-state index contributed by atoms with van der Waals surface area (Å²) in [4.78, 5) is 38.2. The first kappa shape index (κ1) is 20.5. The van der Waals surface area contributed by atoms with Crippen LogP contribution in [0.15, 0.2) is 35.3 Å². The number of carbonyl (C=O) groups is 2. The zero-order chi connectivity index (χ0) is 22.2. The van der Waals surface area contributed by atoms with E-state index in [1.165, 1.54) is 23.8 Å². The second-order valence-electron chi connectivity index (χ2n) is 9.07. The fourth-order valence-corrected chi connectivity index (χ4v) is 4.73. The van der Waals surface area contributed by atoms with Crippen molar-refractivity contribution in [1.29, 1.82) is 0 Å². The fraction of sp³-hybridized carbons (Fsp3) is 0.417. The van der Waals surface area contributed by atoms with Crippen LogP contribution < -0.4 is 16.2 Å². The summed E-state index contributed by atoms with van der Waals surface area (Å²) in [7, 11) is 0. The Kier molecular flexibility index (Phi) is 5.28. The molecular weight excluding hydrogens is 406 g/mol. The second-order valence-corrected chi connectivity index (χ2v) is 9.07. The number of fused-ring (bicyclic) bond motifs is 2. The fourth-order valence-electron chi connectivity index (χ4n) is 4.73. The first-order valence-corrected chi connectivity index (χ1v) is 11.2. The number of rotatable bonds is 6. The van der Waals surface area contributed by atoms with Crippen LogP contribution in [0.1, 0.15) is 42.5 Å². The van der Waals surface area contributed by atoms with E-state index < -0.39 is 0 Å². The van der Waals surface area contributed by atoms with Gasteiger partial charge in [-0.25, -0.2) is 0 Å². The molecule has 166 valence electrons. The summed E-state index contributed by atoms with van der Waals surface area (Å²) in [6.07, 6.45) is 6.86. The number of benzene rings is 1. The van der Waals surface area contributed by atoms with Gasteiger partial charge in [-0.3, -0.25) is 19.5 Å². The van der Waals surface area contributed by atoms with Crippen LogP contribution in [0.2, 0.25) is 0 Å². The molecule has 5 rings (SSSR count). The van der Waals surface area contributed by atoms with E-state index >= 15 is 0 Å². The minimum atomic E-state index is -0.314. The molecule has 2 aromatic heterocycles. The van der Waals surface area contributed by atoms with E-state index in [9.17, 15) is 14.4 Å². The third kappa shape index (κ3) is 3.92. The minimum absolute atomic E-state index is 0.0710. The van der Waals surface area contributed by atoms with Crippen LogP contribution in [0.3, 0.4) is 0 Å². The lowest BCUT2D eigenvalue weighted by Crippen LogP contribution is -2.39. The predicted octanol–water partition coefficient (Wildman–Crippen LogP) is 2.65. The van der Waals surface area contributed by atoms with Gasteiger partial charge in [-0.15, -0.1) is 0 Å². The Labute approximate surface area is 185 Å². The minimum Gasteiger partial charge on any atom is -0.350 e. The number of hydrogen-bond donors (Lipinski definition) is 3. The summed E-state index contributed by atoms with van der Waals surface area (Å²) in [5, 5.41) is 13.6. The predicted molar refractivity (Wildman–Crippen MR) is 121 cm³/mol. The van der Waals surface area contributed by atoms with E-state index in [2.05, 4.69) is 20.8 Å². The molecule has 8 nitrogen and oxygen atoms in total. The van der Waals surface area contributed by atoms with Gasteiger partial charge in [0.05, 0.1) is 11.7 Å². The molecule has 1 atom stereocenters. The maximum Gasteiger partial charge on any atom is 0.275 e. The Balaban J connectivity index is 1.27. The number of aromatic nitrogens is 3. The van der Waals surface area contributed by atoms with Gasteiger partial charge in [0, 0.05) is 23.5 Å². The highest BCUT2D eigenvalue weighted by atomic mass is 16.2. The Morgan fingerprint density at radius 3 is 2.88 bits per heavy atom. The molecule has 32 heavy (non-hydrogen) atoms. The third-order valence-corrected chi connectivity index (χ3v) is 6.81. The monoisotopic (exact) mass is 433 g/mol. The van der Waals surface area contributed by atoms with Crippen LogP contribution in [0.4, 0.5) is 5.69 Å².